The monoisotopic (exact) mass is 520 g/mol. The third kappa shape index (κ3) is 5.37. The minimum absolute atomic E-state index is 0.00343. The number of allylic oxidation sites excluding steroid dienone is 2. The summed E-state index contributed by atoms with van der Waals surface area (Å²) in [5, 5.41) is 12.6. The molecular weight excluding hydrogens is 482 g/mol. The highest BCUT2D eigenvalue weighted by Crippen LogP contribution is 2.29. The smallest absolute Gasteiger partial charge is 0.270 e. The number of hydrogen-bond acceptors (Lipinski definition) is 3. The lowest BCUT2D eigenvalue weighted by Crippen LogP contribution is -2.30. The number of rotatable bonds is 5. The van der Waals surface area contributed by atoms with Crippen molar-refractivity contribution in [2.24, 2.45) is 5.73 Å². The standard InChI is InChI=1S/C20H25N3O.C11H13F2N/c1-6-8-14-16(13(5)21)20-22-17-15(24)10-9-12(4)19(17)23(20)18(14)11(3)7-2;1-4-8(2)10-7-9(5-6-14-10)11(3,12)13/h8-10,22,24H,5-7,21H2,1-4H3;4-7H,1-3H3/b14-8+,18-11?;8-4+. The number of fused-ring (bicyclic) bond motifs is 3. The van der Waals surface area contributed by atoms with E-state index < -0.39 is 5.92 Å². The molecule has 5 nitrogen and oxygen atoms in total. The van der Waals surface area contributed by atoms with Crippen LogP contribution in [0.2, 0.25) is 0 Å². The topological polar surface area (TPSA) is 79.3 Å². The summed E-state index contributed by atoms with van der Waals surface area (Å²) in [5.74, 6) is -2.56. The molecule has 4 N–H and O–H groups in total. The van der Waals surface area contributed by atoms with Crippen LogP contribution in [0.25, 0.3) is 39.6 Å². The fourth-order valence-corrected chi connectivity index (χ4v) is 4.53. The van der Waals surface area contributed by atoms with E-state index in [0.717, 1.165) is 63.7 Å². The number of phenols is 1. The molecule has 0 saturated heterocycles. The summed E-state index contributed by atoms with van der Waals surface area (Å²) in [6.07, 6.45) is 7.32. The second-order valence-electron chi connectivity index (χ2n) is 9.63. The molecule has 0 atom stereocenters. The predicted octanol–water partition coefficient (Wildman–Crippen LogP) is 6.75. The van der Waals surface area contributed by atoms with E-state index in [1.54, 1.807) is 6.07 Å². The molecule has 0 saturated carbocycles. The van der Waals surface area contributed by atoms with Gasteiger partial charge in [-0.15, -0.1) is 0 Å². The van der Waals surface area contributed by atoms with E-state index in [4.69, 9.17) is 5.73 Å². The molecule has 0 amide bonds. The molecule has 38 heavy (non-hydrogen) atoms. The van der Waals surface area contributed by atoms with Gasteiger partial charge >= 0.3 is 0 Å². The average molecular weight is 521 g/mol. The maximum absolute atomic E-state index is 13.0. The van der Waals surface area contributed by atoms with Crippen LogP contribution in [-0.2, 0) is 5.92 Å². The summed E-state index contributed by atoms with van der Waals surface area (Å²) in [7, 11) is 0. The molecule has 4 rings (SSSR count). The lowest BCUT2D eigenvalue weighted by molar-refractivity contribution is 0.0173. The highest BCUT2D eigenvalue weighted by molar-refractivity contribution is 5.92. The second kappa shape index (κ2) is 11.3. The van der Waals surface area contributed by atoms with Crippen LogP contribution >= 0.6 is 0 Å². The van der Waals surface area contributed by atoms with E-state index in [-0.39, 0.29) is 11.3 Å². The fraction of sp³-hybridized carbons (Fsp3) is 0.323. The Morgan fingerprint density at radius 1 is 1.24 bits per heavy atom. The molecule has 0 aliphatic carbocycles. The first-order valence-corrected chi connectivity index (χ1v) is 12.8. The third-order valence-electron chi connectivity index (χ3n) is 6.80. The van der Waals surface area contributed by atoms with Crippen molar-refractivity contribution in [3.63, 3.8) is 0 Å². The van der Waals surface area contributed by atoms with Gasteiger partial charge in [0.25, 0.3) is 5.92 Å². The Morgan fingerprint density at radius 2 is 1.92 bits per heavy atom. The number of phenolic OH excluding ortho intramolecular Hbond substituents is 1. The highest BCUT2D eigenvalue weighted by Gasteiger charge is 2.24. The molecule has 0 spiro atoms. The first kappa shape index (κ1) is 28.7. The van der Waals surface area contributed by atoms with Gasteiger partial charge in [0.15, 0.2) is 0 Å². The minimum Gasteiger partial charge on any atom is -0.506 e. The number of nitrogens with zero attached hydrogens (tertiary/aromatic N) is 2. The average Bonchev–Trinajstić information content (AvgIpc) is 3.40. The van der Waals surface area contributed by atoms with Crippen molar-refractivity contribution in [1.82, 2.24) is 14.4 Å². The van der Waals surface area contributed by atoms with Crippen molar-refractivity contribution >= 4 is 39.6 Å². The zero-order valence-corrected chi connectivity index (χ0v) is 23.3. The molecule has 0 fully saturated rings. The molecule has 3 aromatic heterocycles. The van der Waals surface area contributed by atoms with Crippen LogP contribution in [-0.4, -0.2) is 19.5 Å². The van der Waals surface area contributed by atoms with E-state index in [9.17, 15) is 13.9 Å². The Morgan fingerprint density at radius 3 is 2.47 bits per heavy atom. The predicted molar refractivity (Wildman–Crippen MR) is 155 cm³/mol. The van der Waals surface area contributed by atoms with E-state index in [1.165, 1.54) is 23.9 Å². The number of aromatic hydroxyl groups is 1. The van der Waals surface area contributed by atoms with E-state index in [0.29, 0.717) is 11.4 Å². The number of alkyl halides is 2. The number of halogens is 2. The Kier molecular flexibility index (Phi) is 8.50. The number of pyridine rings is 1. The van der Waals surface area contributed by atoms with Crippen molar-refractivity contribution < 1.29 is 13.9 Å². The molecule has 0 radical (unpaired) electrons. The van der Waals surface area contributed by atoms with Crippen LogP contribution in [0.4, 0.5) is 8.78 Å². The van der Waals surface area contributed by atoms with Crippen LogP contribution in [0.15, 0.2) is 43.1 Å². The zero-order valence-electron chi connectivity index (χ0n) is 23.3. The fourth-order valence-electron chi connectivity index (χ4n) is 4.53. The van der Waals surface area contributed by atoms with Gasteiger partial charge in [0.1, 0.15) is 16.9 Å². The van der Waals surface area contributed by atoms with Crippen molar-refractivity contribution in [1.29, 1.82) is 0 Å². The number of nitrogens with two attached hydrogens (primary N) is 1. The zero-order chi connectivity index (χ0) is 28.4. The summed E-state index contributed by atoms with van der Waals surface area (Å²) >= 11 is 0. The normalized spacial score (nSPS) is 13.6. The van der Waals surface area contributed by atoms with Crippen molar-refractivity contribution in [2.45, 2.75) is 67.2 Å². The molecule has 3 heterocycles. The molecule has 7 heteroatoms. The molecule has 1 aromatic carbocycles. The van der Waals surface area contributed by atoms with Gasteiger partial charge in [-0.05, 0) is 75.4 Å². The van der Waals surface area contributed by atoms with Crippen LogP contribution < -0.4 is 16.3 Å². The number of aryl methyl sites for hydroxylation is 1. The van der Waals surface area contributed by atoms with Gasteiger partial charge in [-0.25, -0.2) is 8.78 Å². The SMILES string of the molecule is C/C=C(\C)c1cc(C(C)(F)F)ccn1.C=C(N)c1/c(=C\CC)c(=C(C)CC)n2c1[nH]c1c(O)ccc(C)c12. The third-order valence-corrected chi connectivity index (χ3v) is 6.80. The van der Waals surface area contributed by atoms with Gasteiger partial charge in [0.2, 0.25) is 0 Å². The summed E-state index contributed by atoms with van der Waals surface area (Å²) in [4.78, 5) is 7.40. The number of imidazole rings is 1. The second-order valence-corrected chi connectivity index (χ2v) is 9.63. The van der Waals surface area contributed by atoms with Crippen LogP contribution in [0.5, 0.6) is 5.75 Å². The number of hydrogen-bond donors (Lipinski definition) is 3. The maximum Gasteiger partial charge on any atom is 0.270 e. The molecular formula is C31H38F2N4O. The maximum atomic E-state index is 13.0. The number of aromatic amines is 1. The molecule has 202 valence electrons. The van der Waals surface area contributed by atoms with Gasteiger partial charge in [0.05, 0.1) is 16.6 Å². The molecule has 4 aromatic rings. The molecule has 0 aliphatic heterocycles. The Labute approximate surface area is 222 Å². The van der Waals surface area contributed by atoms with Gasteiger partial charge in [0, 0.05) is 35.2 Å². The Hall–Kier alpha value is -3.87. The van der Waals surface area contributed by atoms with Gasteiger partial charge in [-0.1, -0.05) is 38.6 Å². The first-order chi connectivity index (χ1) is 17.9. The number of benzene rings is 1. The van der Waals surface area contributed by atoms with Crippen LogP contribution in [0.1, 0.15) is 76.8 Å². The van der Waals surface area contributed by atoms with E-state index in [1.807, 2.05) is 26.0 Å². The quantitative estimate of drug-likeness (QED) is 0.272. The van der Waals surface area contributed by atoms with E-state index >= 15 is 0 Å². The number of H-pyrrole nitrogens is 1. The molecule has 0 bridgehead atoms. The van der Waals surface area contributed by atoms with Crippen LogP contribution in [0, 0.1) is 6.92 Å². The van der Waals surface area contributed by atoms with E-state index in [2.05, 4.69) is 54.7 Å². The van der Waals surface area contributed by atoms with Gasteiger partial charge in [-0.3, -0.25) is 9.38 Å². The highest BCUT2D eigenvalue weighted by atomic mass is 19.3. The van der Waals surface area contributed by atoms with Crippen molar-refractivity contribution in [2.75, 3.05) is 0 Å². The first-order valence-electron chi connectivity index (χ1n) is 12.8. The molecule has 0 aliphatic rings. The summed E-state index contributed by atoms with van der Waals surface area (Å²) in [6, 6.07) is 6.43. The van der Waals surface area contributed by atoms with Crippen molar-refractivity contribution in [3.05, 3.63) is 76.1 Å². The van der Waals surface area contributed by atoms with Gasteiger partial charge in [-0.2, -0.15) is 0 Å². The Balaban J connectivity index is 0.000000244. The Bertz CT molecular complexity index is 1650. The summed E-state index contributed by atoms with van der Waals surface area (Å²) < 4.78 is 28.1. The molecule has 0 unspecified atom stereocenters. The van der Waals surface area contributed by atoms with Crippen LogP contribution in [0.3, 0.4) is 0 Å². The largest absolute Gasteiger partial charge is 0.506 e. The van der Waals surface area contributed by atoms with Gasteiger partial charge < -0.3 is 15.8 Å². The number of nitrogens with one attached hydrogen (secondary N) is 1. The van der Waals surface area contributed by atoms with Crippen molar-refractivity contribution in [3.8, 4) is 5.75 Å². The lowest BCUT2D eigenvalue weighted by atomic mass is 10.1. The summed E-state index contributed by atoms with van der Waals surface area (Å²) in [6.45, 7) is 17.0. The summed E-state index contributed by atoms with van der Waals surface area (Å²) in [5.41, 5.74) is 14.1. The number of aromatic nitrogens is 3. The lowest BCUT2D eigenvalue weighted by Gasteiger charge is -2.11. The minimum atomic E-state index is -2.80.